The average molecular weight is 381 g/mol. The van der Waals surface area contributed by atoms with Crippen LogP contribution in [0.15, 0.2) is 42.5 Å². The first-order chi connectivity index (χ1) is 13.4. The lowest BCUT2D eigenvalue weighted by Gasteiger charge is -2.35. The van der Waals surface area contributed by atoms with E-state index in [1.54, 1.807) is 6.92 Å². The van der Waals surface area contributed by atoms with Crippen LogP contribution in [0.25, 0.3) is 0 Å². The molecule has 1 aliphatic heterocycles. The molecule has 1 aliphatic rings. The highest BCUT2D eigenvalue weighted by Crippen LogP contribution is 2.21. The summed E-state index contributed by atoms with van der Waals surface area (Å²) in [4.78, 5) is 27.7. The van der Waals surface area contributed by atoms with Crippen molar-refractivity contribution >= 4 is 23.2 Å². The van der Waals surface area contributed by atoms with Gasteiger partial charge in [-0.25, -0.2) is 0 Å². The summed E-state index contributed by atoms with van der Waals surface area (Å²) in [5.74, 6) is 0.598. The maximum Gasteiger partial charge on any atom is 0.262 e. The third-order valence-electron chi connectivity index (χ3n) is 4.95. The van der Waals surface area contributed by atoms with Crippen molar-refractivity contribution < 1.29 is 14.3 Å². The third kappa shape index (κ3) is 5.03. The van der Waals surface area contributed by atoms with Gasteiger partial charge in [0.05, 0.1) is 0 Å². The number of carbonyl (C=O) groups is 2. The Kier molecular flexibility index (Phi) is 6.19. The number of anilines is 2. The predicted molar refractivity (Wildman–Crippen MR) is 111 cm³/mol. The maximum atomic E-state index is 12.1. The summed E-state index contributed by atoms with van der Waals surface area (Å²) in [5.41, 5.74) is 4.09. The Morgan fingerprint density at radius 3 is 2.29 bits per heavy atom. The van der Waals surface area contributed by atoms with Crippen LogP contribution in [0.1, 0.15) is 18.1 Å². The number of aryl methyl sites for hydroxylation is 2. The summed E-state index contributed by atoms with van der Waals surface area (Å²) in [6, 6.07) is 13.6. The van der Waals surface area contributed by atoms with Crippen molar-refractivity contribution in [3.63, 3.8) is 0 Å². The minimum atomic E-state index is -0.184. The number of amides is 2. The van der Waals surface area contributed by atoms with Crippen molar-refractivity contribution in [1.29, 1.82) is 0 Å². The lowest BCUT2D eigenvalue weighted by Crippen LogP contribution is -2.48. The van der Waals surface area contributed by atoms with Crippen LogP contribution in [0, 0.1) is 13.8 Å². The molecule has 0 aromatic heterocycles. The molecule has 1 fully saturated rings. The number of ether oxygens (including phenoxy) is 1. The largest absolute Gasteiger partial charge is 0.484 e. The van der Waals surface area contributed by atoms with Gasteiger partial charge in [-0.05, 0) is 49.7 Å². The highest BCUT2D eigenvalue weighted by Gasteiger charge is 2.18. The van der Waals surface area contributed by atoms with Crippen LogP contribution in [0.3, 0.4) is 0 Å². The van der Waals surface area contributed by atoms with Gasteiger partial charge < -0.3 is 19.9 Å². The molecule has 3 rings (SSSR count). The molecule has 148 valence electrons. The van der Waals surface area contributed by atoms with E-state index in [1.165, 1.54) is 0 Å². The predicted octanol–water partition coefficient (Wildman–Crippen LogP) is 2.99. The first-order valence-corrected chi connectivity index (χ1v) is 9.53. The summed E-state index contributed by atoms with van der Waals surface area (Å²) in [6.07, 6.45) is 0. The Bertz CT molecular complexity index is 841. The normalized spacial score (nSPS) is 14.0. The molecule has 1 saturated heterocycles. The molecule has 0 saturated carbocycles. The highest BCUT2D eigenvalue weighted by atomic mass is 16.5. The Morgan fingerprint density at radius 2 is 1.68 bits per heavy atom. The summed E-state index contributed by atoms with van der Waals surface area (Å²) >= 11 is 0. The molecule has 1 N–H and O–H groups in total. The summed E-state index contributed by atoms with van der Waals surface area (Å²) in [5, 5.41) is 2.88. The average Bonchev–Trinajstić information content (AvgIpc) is 2.69. The van der Waals surface area contributed by atoms with E-state index >= 15 is 0 Å². The zero-order chi connectivity index (χ0) is 20.1. The van der Waals surface area contributed by atoms with Crippen molar-refractivity contribution in [3.05, 3.63) is 53.6 Å². The molecule has 6 nitrogen and oxygen atoms in total. The number of hydrogen-bond donors (Lipinski definition) is 1. The minimum absolute atomic E-state index is 0.0377. The van der Waals surface area contributed by atoms with Gasteiger partial charge in [0.25, 0.3) is 5.91 Å². The quantitative estimate of drug-likeness (QED) is 0.865. The molecule has 0 aliphatic carbocycles. The smallest absolute Gasteiger partial charge is 0.262 e. The minimum Gasteiger partial charge on any atom is -0.484 e. The van der Waals surface area contributed by atoms with E-state index in [4.69, 9.17) is 4.74 Å². The van der Waals surface area contributed by atoms with E-state index in [2.05, 4.69) is 10.2 Å². The fraction of sp³-hybridized carbons (Fsp3) is 0.364. The van der Waals surface area contributed by atoms with Gasteiger partial charge in [0.2, 0.25) is 5.91 Å². The number of hydrogen-bond acceptors (Lipinski definition) is 4. The molecule has 6 heteroatoms. The topological polar surface area (TPSA) is 61.9 Å². The van der Waals surface area contributed by atoms with Crippen LogP contribution in [0.5, 0.6) is 5.75 Å². The van der Waals surface area contributed by atoms with Gasteiger partial charge in [-0.15, -0.1) is 0 Å². The van der Waals surface area contributed by atoms with E-state index in [-0.39, 0.29) is 18.4 Å². The molecule has 2 aromatic carbocycles. The third-order valence-corrected chi connectivity index (χ3v) is 4.95. The fourth-order valence-corrected chi connectivity index (χ4v) is 3.32. The van der Waals surface area contributed by atoms with Crippen molar-refractivity contribution in [2.45, 2.75) is 20.8 Å². The molecule has 0 unspecified atom stereocenters. The highest BCUT2D eigenvalue weighted by molar-refractivity contribution is 5.92. The Balaban J connectivity index is 1.49. The standard InChI is InChI=1S/C22H27N3O3/c1-16-4-9-21(17(2)14-16)23-22(27)15-28-20-7-5-19(6-8-20)25-12-10-24(11-13-25)18(3)26/h4-9,14H,10-13,15H2,1-3H3,(H,23,27). The first kappa shape index (κ1) is 19.7. The van der Waals surface area contributed by atoms with Crippen LogP contribution in [-0.2, 0) is 9.59 Å². The molecular weight excluding hydrogens is 354 g/mol. The molecule has 2 amide bonds. The monoisotopic (exact) mass is 381 g/mol. The lowest BCUT2D eigenvalue weighted by molar-refractivity contribution is -0.129. The molecule has 28 heavy (non-hydrogen) atoms. The summed E-state index contributed by atoms with van der Waals surface area (Å²) in [6.45, 7) is 8.68. The van der Waals surface area contributed by atoms with E-state index in [9.17, 15) is 9.59 Å². The lowest BCUT2D eigenvalue weighted by atomic mass is 10.1. The van der Waals surface area contributed by atoms with Crippen LogP contribution in [0.4, 0.5) is 11.4 Å². The number of benzene rings is 2. The van der Waals surface area contributed by atoms with Crippen molar-refractivity contribution in [3.8, 4) is 5.75 Å². The van der Waals surface area contributed by atoms with E-state index in [1.807, 2.05) is 61.2 Å². The number of nitrogens with zero attached hydrogens (tertiary/aromatic N) is 2. The van der Waals surface area contributed by atoms with Crippen LogP contribution in [-0.4, -0.2) is 49.5 Å². The molecule has 0 spiro atoms. The summed E-state index contributed by atoms with van der Waals surface area (Å²) in [7, 11) is 0. The molecule has 0 radical (unpaired) electrons. The van der Waals surface area contributed by atoms with Gasteiger partial charge in [0.15, 0.2) is 6.61 Å². The zero-order valence-electron chi connectivity index (χ0n) is 16.7. The van der Waals surface area contributed by atoms with Gasteiger partial charge in [-0.1, -0.05) is 17.7 Å². The maximum absolute atomic E-state index is 12.1. The number of piperazine rings is 1. The second kappa shape index (κ2) is 8.78. The van der Waals surface area contributed by atoms with E-state index in [0.717, 1.165) is 48.7 Å². The number of carbonyl (C=O) groups excluding carboxylic acids is 2. The second-order valence-electron chi connectivity index (χ2n) is 7.14. The van der Waals surface area contributed by atoms with Gasteiger partial charge in [0.1, 0.15) is 5.75 Å². The van der Waals surface area contributed by atoms with Gasteiger partial charge in [-0.2, -0.15) is 0 Å². The van der Waals surface area contributed by atoms with Crippen LogP contribution < -0.4 is 15.0 Å². The van der Waals surface area contributed by atoms with Gasteiger partial charge in [0, 0.05) is 44.5 Å². The molecule has 0 atom stereocenters. The Hall–Kier alpha value is -3.02. The SMILES string of the molecule is CC(=O)N1CCN(c2ccc(OCC(=O)Nc3ccc(C)cc3C)cc2)CC1. The van der Waals surface area contributed by atoms with E-state index < -0.39 is 0 Å². The van der Waals surface area contributed by atoms with Gasteiger partial charge in [-0.3, -0.25) is 9.59 Å². The van der Waals surface area contributed by atoms with Crippen LogP contribution >= 0.6 is 0 Å². The van der Waals surface area contributed by atoms with E-state index in [0.29, 0.717) is 5.75 Å². The fourth-order valence-electron chi connectivity index (χ4n) is 3.32. The molecule has 1 heterocycles. The second-order valence-corrected chi connectivity index (χ2v) is 7.14. The van der Waals surface area contributed by atoms with Gasteiger partial charge >= 0.3 is 0 Å². The Labute approximate surface area is 166 Å². The first-order valence-electron chi connectivity index (χ1n) is 9.53. The zero-order valence-corrected chi connectivity index (χ0v) is 16.7. The summed E-state index contributed by atoms with van der Waals surface area (Å²) < 4.78 is 5.61. The Morgan fingerprint density at radius 1 is 1.00 bits per heavy atom. The van der Waals surface area contributed by atoms with Crippen molar-refractivity contribution in [1.82, 2.24) is 4.90 Å². The van der Waals surface area contributed by atoms with Crippen molar-refractivity contribution in [2.24, 2.45) is 0 Å². The molecular formula is C22H27N3O3. The van der Waals surface area contributed by atoms with Crippen LogP contribution in [0.2, 0.25) is 0 Å². The molecule has 2 aromatic rings. The molecule has 0 bridgehead atoms. The number of rotatable bonds is 5. The number of nitrogens with one attached hydrogen (secondary N) is 1. The van der Waals surface area contributed by atoms with Crippen molar-refractivity contribution in [2.75, 3.05) is 43.0 Å².